The summed E-state index contributed by atoms with van der Waals surface area (Å²) in [6, 6.07) is 8.36. The first-order chi connectivity index (χ1) is 9.86. The van der Waals surface area contributed by atoms with Gasteiger partial charge in [0, 0.05) is 32.7 Å². The van der Waals surface area contributed by atoms with Crippen molar-refractivity contribution < 1.29 is 4.74 Å². The zero-order chi connectivity index (χ0) is 14.2. The number of hydrogen-bond donors (Lipinski definition) is 1. The van der Waals surface area contributed by atoms with E-state index in [9.17, 15) is 0 Å². The molecule has 4 heteroatoms. The van der Waals surface area contributed by atoms with E-state index in [4.69, 9.17) is 4.74 Å². The van der Waals surface area contributed by atoms with Gasteiger partial charge in [-0.15, -0.1) is 0 Å². The summed E-state index contributed by atoms with van der Waals surface area (Å²) in [4.78, 5) is 4.69. The molecule has 1 N–H and O–H groups in total. The lowest BCUT2D eigenvalue weighted by atomic mass is 10.3. The van der Waals surface area contributed by atoms with Crippen molar-refractivity contribution in [3.63, 3.8) is 0 Å². The molecule has 0 fully saturated rings. The Morgan fingerprint density at radius 3 is 2.85 bits per heavy atom. The molecular formula is C16H25N3O. The van der Waals surface area contributed by atoms with Gasteiger partial charge in [0.05, 0.1) is 11.0 Å². The number of rotatable bonds is 9. The van der Waals surface area contributed by atoms with Gasteiger partial charge in [-0.25, -0.2) is 4.98 Å². The molecule has 0 spiro atoms. The molecule has 0 saturated carbocycles. The highest BCUT2D eigenvalue weighted by Crippen LogP contribution is 2.15. The molecule has 0 bridgehead atoms. The number of aryl methyl sites for hydroxylation is 1. The van der Waals surface area contributed by atoms with Crippen LogP contribution in [0, 0.1) is 0 Å². The number of benzene rings is 1. The number of para-hydroxylation sites is 2. The standard InChI is InChI=1S/C16H25N3O/c1-3-16-18-14-8-5-6-9-15(14)19(16)12-11-17-10-7-13-20-4-2/h5-6,8-9,17H,3-4,7,10-13H2,1-2H3. The Kier molecular flexibility index (Phi) is 6.02. The summed E-state index contributed by atoms with van der Waals surface area (Å²) in [5.74, 6) is 1.17. The van der Waals surface area contributed by atoms with E-state index in [1.807, 2.05) is 13.0 Å². The SMILES string of the molecule is CCOCCCNCCn1c(CC)nc2ccccc21. The molecule has 1 aromatic heterocycles. The summed E-state index contributed by atoms with van der Waals surface area (Å²) in [6.07, 6.45) is 2.04. The molecule has 0 aliphatic heterocycles. The second kappa shape index (κ2) is 8.02. The average Bonchev–Trinajstić information content (AvgIpc) is 2.84. The van der Waals surface area contributed by atoms with Gasteiger partial charge in [0.1, 0.15) is 5.82 Å². The summed E-state index contributed by atoms with van der Waals surface area (Å²) in [5, 5.41) is 3.47. The van der Waals surface area contributed by atoms with Crippen LogP contribution in [0.4, 0.5) is 0 Å². The smallest absolute Gasteiger partial charge is 0.109 e. The molecule has 0 amide bonds. The first-order valence-corrected chi connectivity index (χ1v) is 7.59. The molecule has 0 radical (unpaired) electrons. The first kappa shape index (κ1) is 15.0. The van der Waals surface area contributed by atoms with Gasteiger partial charge in [-0.3, -0.25) is 0 Å². The van der Waals surface area contributed by atoms with Crippen LogP contribution < -0.4 is 5.32 Å². The lowest BCUT2D eigenvalue weighted by Crippen LogP contribution is -2.22. The highest BCUT2D eigenvalue weighted by atomic mass is 16.5. The Labute approximate surface area is 121 Å². The highest BCUT2D eigenvalue weighted by Gasteiger charge is 2.07. The molecule has 0 saturated heterocycles. The molecular weight excluding hydrogens is 250 g/mol. The van der Waals surface area contributed by atoms with Crippen molar-refractivity contribution in [1.29, 1.82) is 0 Å². The number of nitrogens with zero attached hydrogens (tertiary/aromatic N) is 2. The van der Waals surface area contributed by atoms with E-state index in [1.54, 1.807) is 0 Å². The molecule has 0 aliphatic rings. The Bertz CT molecular complexity index is 521. The number of ether oxygens (including phenoxy) is 1. The van der Waals surface area contributed by atoms with E-state index in [0.717, 1.165) is 51.2 Å². The predicted octanol–water partition coefficient (Wildman–Crippen LogP) is 2.61. The average molecular weight is 275 g/mol. The second-order valence-corrected chi connectivity index (χ2v) is 4.82. The maximum atomic E-state index is 5.32. The lowest BCUT2D eigenvalue weighted by molar-refractivity contribution is 0.145. The van der Waals surface area contributed by atoms with Crippen LogP contribution in [0.3, 0.4) is 0 Å². The summed E-state index contributed by atoms with van der Waals surface area (Å²) >= 11 is 0. The zero-order valence-corrected chi connectivity index (χ0v) is 12.6. The van der Waals surface area contributed by atoms with E-state index < -0.39 is 0 Å². The molecule has 4 nitrogen and oxygen atoms in total. The molecule has 20 heavy (non-hydrogen) atoms. The van der Waals surface area contributed by atoms with Gasteiger partial charge >= 0.3 is 0 Å². The fourth-order valence-corrected chi connectivity index (χ4v) is 2.40. The normalized spacial score (nSPS) is 11.3. The molecule has 1 heterocycles. The fraction of sp³-hybridized carbons (Fsp3) is 0.562. The van der Waals surface area contributed by atoms with E-state index in [0.29, 0.717) is 0 Å². The fourth-order valence-electron chi connectivity index (χ4n) is 2.40. The van der Waals surface area contributed by atoms with Crippen molar-refractivity contribution >= 4 is 11.0 Å². The predicted molar refractivity (Wildman–Crippen MR) is 83.1 cm³/mol. The molecule has 0 unspecified atom stereocenters. The maximum Gasteiger partial charge on any atom is 0.109 e. The minimum atomic E-state index is 0.806. The Hall–Kier alpha value is -1.39. The number of aromatic nitrogens is 2. The molecule has 110 valence electrons. The van der Waals surface area contributed by atoms with E-state index in [1.165, 1.54) is 11.3 Å². The topological polar surface area (TPSA) is 39.1 Å². The Morgan fingerprint density at radius 2 is 2.05 bits per heavy atom. The van der Waals surface area contributed by atoms with Gasteiger partial charge in [-0.2, -0.15) is 0 Å². The van der Waals surface area contributed by atoms with Crippen LogP contribution in [0.25, 0.3) is 11.0 Å². The maximum absolute atomic E-state index is 5.32. The van der Waals surface area contributed by atoms with Gasteiger partial charge in [0.2, 0.25) is 0 Å². The van der Waals surface area contributed by atoms with Crippen molar-refractivity contribution in [1.82, 2.24) is 14.9 Å². The van der Waals surface area contributed by atoms with Crippen LogP contribution in [-0.2, 0) is 17.7 Å². The summed E-state index contributed by atoms with van der Waals surface area (Å²) in [7, 11) is 0. The molecule has 1 aromatic carbocycles. The van der Waals surface area contributed by atoms with Crippen molar-refractivity contribution in [2.75, 3.05) is 26.3 Å². The monoisotopic (exact) mass is 275 g/mol. The minimum absolute atomic E-state index is 0.806. The number of fused-ring (bicyclic) bond motifs is 1. The van der Waals surface area contributed by atoms with Crippen LogP contribution >= 0.6 is 0 Å². The van der Waals surface area contributed by atoms with Crippen molar-refractivity contribution in [2.45, 2.75) is 33.2 Å². The van der Waals surface area contributed by atoms with Crippen LogP contribution in [0.5, 0.6) is 0 Å². The summed E-state index contributed by atoms with van der Waals surface area (Å²) in [5.41, 5.74) is 2.33. The zero-order valence-electron chi connectivity index (χ0n) is 12.6. The number of hydrogen-bond acceptors (Lipinski definition) is 3. The van der Waals surface area contributed by atoms with Crippen molar-refractivity contribution in [3.8, 4) is 0 Å². The van der Waals surface area contributed by atoms with Crippen LogP contribution in [-0.4, -0.2) is 35.9 Å². The summed E-state index contributed by atoms with van der Waals surface area (Å²) < 4.78 is 7.65. The number of imidazole rings is 1. The Morgan fingerprint density at radius 1 is 1.20 bits per heavy atom. The Balaban J connectivity index is 1.86. The third-order valence-corrected chi connectivity index (χ3v) is 3.41. The van der Waals surface area contributed by atoms with Gasteiger partial charge in [-0.05, 0) is 32.0 Å². The van der Waals surface area contributed by atoms with Crippen LogP contribution in [0.1, 0.15) is 26.1 Å². The van der Waals surface area contributed by atoms with Gasteiger partial charge < -0.3 is 14.6 Å². The molecule has 2 rings (SSSR count). The highest BCUT2D eigenvalue weighted by molar-refractivity contribution is 5.75. The largest absolute Gasteiger partial charge is 0.382 e. The lowest BCUT2D eigenvalue weighted by Gasteiger charge is -2.09. The minimum Gasteiger partial charge on any atom is -0.382 e. The van der Waals surface area contributed by atoms with E-state index in [2.05, 4.69) is 40.0 Å². The van der Waals surface area contributed by atoms with E-state index >= 15 is 0 Å². The van der Waals surface area contributed by atoms with Gasteiger partial charge in [0.15, 0.2) is 0 Å². The van der Waals surface area contributed by atoms with Crippen LogP contribution in [0.15, 0.2) is 24.3 Å². The third kappa shape index (κ3) is 3.81. The first-order valence-electron chi connectivity index (χ1n) is 7.59. The van der Waals surface area contributed by atoms with Gasteiger partial charge in [0.25, 0.3) is 0 Å². The quantitative estimate of drug-likeness (QED) is 0.715. The molecule has 0 atom stereocenters. The van der Waals surface area contributed by atoms with E-state index in [-0.39, 0.29) is 0 Å². The van der Waals surface area contributed by atoms with Crippen LogP contribution in [0.2, 0.25) is 0 Å². The molecule has 2 aromatic rings. The van der Waals surface area contributed by atoms with Crippen molar-refractivity contribution in [2.24, 2.45) is 0 Å². The molecule has 0 aliphatic carbocycles. The van der Waals surface area contributed by atoms with Gasteiger partial charge in [-0.1, -0.05) is 19.1 Å². The summed E-state index contributed by atoms with van der Waals surface area (Å²) in [6.45, 7) is 8.79. The third-order valence-electron chi connectivity index (χ3n) is 3.41. The van der Waals surface area contributed by atoms with Crippen molar-refractivity contribution in [3.05, 3.63) is 30.1 Å². The number of nitrogens with one attached hydrogen (secondary N) is 1. The second-order valence-electron chi connectivity index (χ2n) is 4.82.